The van der Waals surface area contributed by atoms with Crippen molar-refractivity contribution in [1.82, 2.24) is 10.6 Å². The van der Waals surface area contributed by atoms with E-state index in [1.165, 1.54) is 6.07 Å². The van der Waals surface area contributed by atoms with E-state index in [4.69, 9.17) is 0 Å². The Kier molecular flexibility index (Phi) is 6.52. The number of aromatic hydroxyl groups is 1. The second-order valence-electron chi connectivity index (χ2n) is 6.75. The fourth-order valence-electron chi connectivity index (χ4n) is 3.29. The van der Waals surface area contributed by atoms with Crippen LogP contribution in [0.4, 0.5) is 10.1 Å². The van der Waals surface area contributed by atoms with Crippen LogP contribution >= 0.6 is 0 Å². The van der Waals surface area contributed by atoms with Crippen LogP contribution in [0.25, 0.3) is 0 Å². The normalized spacial score (nSPS) is 15.6. The van der Waals surface area contributed by atoms with E-state index in [0.29, 0.717) is 12.6 Å². The van der Waals surface area contributed by atoms with Gasteiger partial charge in [0.2, 0.25) is 0 Å². The zero-order chi connectivity index (χ0) is 19.1. The van der Waals surface area contributed by atoms with Gasteiger partial charge in [-0.2, -0.15) is 0 Å². The van der Waals surface area contributed by atoms with Gasteiger partial charge in [-0.15, -0.1) is 0 Å². The number of guanidine groups is 1. The summed E-state index contributed by atoms with van der Waals surface area (Å²) in [6.45, 7) is 5.10. The van der Waals surface area contributed by atoms with Crippen LogP contribution in [0.2, 0.25) is 0 Å². The predicted molar refractivity (Wildman–Crippen MR) is 108 cm³/mol. The number of hydrogen-bond acceptors (Lipinski definition) is 3. The largest absolute Gasteiger partial charge is 0.508 e. The molecule has 1 fully saturated rings. The molecule has 1 aliphatic rings. The van der Waals surface area contributed by atoms with E-state index in [9.17, 15) is 9.50 Å². The molecule has 5 nitrogen and oxygen atoms in total. The van der Waals surface area contributed by atoms with Crippen molar-refractivity contribution in [2.75, 3.05) is 24.5 Å². The Hall–Kier alpha value is -2.76. The number of phenols is 1. The molecule has 1 aliphatic heterocycles. The molecule has 1 heterocycles. The van der Waals surface area contributed by atoms with Gasteiger partial charge in [0, 0.05) is 31.4 Å². The summed E-state index contributed by atoms with van der Waals surface area (Å²) >= 11 is 0. The smallest absolute Gasteiger partial charge is 0.191 e. The second-order valence-corrected chi connectivity index (χ2v) is 6.75. The maximum atomic E-state index is 13.4. The van der Waals surface area contributed by atoms with Crippen LogP contribution in [-0.4, -0.2) is 36.7 Å². The molecule has 2 aromatic carbocycles. The molecule has 3 N–H and O–H groups in total. The zero-order valence-electron chi connectivity index (χ0n) is 15.7. The van der Waals surface area contributed by atoms with E-state index in [2.05, 4.69) is 20.5 Å². The maximum Gasteiger partial charge on any atom is 0.191 e. The summed E-state index contributed by atoms with van der Waals surface area (Å²) in [4.78, 5) is 6.85. The zero-order valence-corrected chi connectivity index (χ0v) is 15.7. The number of nitrogens with one attached hydrogen (secondary N) is 2. The highest BCUT2D eigenvalue weighted by Gasteiger charge is 2.20. The van der Waals surface area contributed by atoms with Gasteiger partial charge < -0.3 is 20.6 Å². The topological polar surface area (TPSA) is 59.9 Å². The summed E-state index contributed by atoms with van der Waals surface area (Å²) in [7, 11) is 0. The van der Waals surface area contributed by atoms with Gasteiger partial charge in [-0.3, -0.25) is 0 Å². The fraction of sp³-hybridized carbons (Fsp3) is 0.381. The average molecular weight is 370 g/mol. The third-order valence-corrected chi connectivity index (χ3v) is 4.68. The van der Waals surface area contributed by atoms with Crippen molar-refractivity contribution in [3.05, 3.63) is 59.9 Å². The first-order valence-corrected chi connectivity index (χ1v) is 9.47. The standard InChI is InChI=1S/C21H27FN4O/c1-2-23-21(24-15-16-5-3-8-20(27)13-16)25-18-9-11-26(12-10-18)19-7-4-6-17(22)14-19/h3-8,13-14,18,27H,2,9-12,15H2,1H3,(H2,23,24,25). The van der Waals surface area contributed by atoms with E-state index in [1.54, 1.807) is 24.3 Å². The molecular weight excluding hydrogens is 343 g/mol. The van der Waals surface area contributed by atoms with E-state index in [1.807, 2.05) is 25.1 Å². The Balaban J connectivity index is 1.55. The van der Waals surface area contributed by atoms with Crippen molar-refractivity contribution in [1.29, 1.82) is 0 Å². The number of rotatable bonds is 5. The first-order chi connectivity index (χ1) is 13.1. The average Bonchev–Trinajstić information content (AvgIpc) is 2.67. The highest BCUT2D eigenvalue weighted by Crippen LogP contribution is 2.20. The SMILES string of the molecule is CCNC(=NCc1cccc(O)c1)NC1CCN(c2cccc(F)c2)CC1. The van der Waals surface area contributed by atoms with E-state index >= 15 is 0 Å². The maximum absolute atomic E-state index is 13.4. The molecule has 0 amide bonds. The van der Waals surface area contributed by atoms with Crippen molar-refractivity contribution in [2.24, 2.45) is 4.99 Å². The third kappa shape index (κ3) is 5.61. The van der Waals surface area contributed by atoms with Crippen LogP contribution in [0.1, 0.15) is 25.3 Å². The number of aliphatic imine (C=N–C) groups is 1. The number of benzene rings is 2. The molecule has 0 unspecified atom stereocenters. The van der Waals surface area contributed by atoms with Gasteiger partial charge in [0.05, 0.1) is 6.54 Å². The van der Waals surface area contributed by atoms with E-state index in [0.717, 1.165) is 49.7 Å². The molecular formula is C21H27FN4O. The monoisotopic (exact) mass is 370 g/mol. The van der Waals surface area contributed by atoms with Crippen LogP contribution in [-0.2, 0) is 6.54 Å². The summed E-state index contributed by atoms with van der Waals surface area (Å²) < 4.78 is 13.4. The minimum atomic E-state index is -0.193. The summed E-state index contributed by atoms with van der Waals surface area (Å²) in [5, 5.41) is 16.3. The number of hydrogen-bond donors (Lipinski definition) is 3. The Labute approximate surface area is 159 Å². The van der Waals surface area contributed by atoms with Gasteiger partial charge in [-0.1, -0.05) is 18.2 Å². The number of anilines is 1. The van der Waals surface area contributed by atoms with Gasteiger partial charge in [-0.05, 0) is 55.7 Å². The molecule has 3 rings (SSSR count). The van der Waals surface area contributed by atoms with Gasteiger partial charge in [0.25, 0.3) is 0 Å². The highest BCUT2D eigenvalue weighted by atomic mass is 19.1. The Morgan fingerprint density at radius 3 is 2.67 bits per heavy atom. The Morgan fingerprint density at radius 1 is 1.19 bits per heavy atom. The van der Waals surface area contributed by atoms with Crippen LogP contribution in [0, 0.1) is 5.82 Å². The molecule has 27 heavy (non-hydrogen) atoms. The molecule has 0 aliphatic carbocycles. The minimum absolute atomic E-state index is 0.193. The highest BCUT2D eigenvalue weighted by molar-refractivity contribution is 5.80. The molecule has 1 saturated heterocycles. The summed E-state index contributed by atoms with van der Waals surface area (Å²) in [6.07, 6.45) is 1.93. The molecule has 0 bridgehead atoms. The predicted octanol–water partition coefficient (Wildman–Crippen LogP) is 3.26. The van der Waals surface area contributed by atoms with E-state index in [-0.39, 0.29) is 11.6 Å². The number of halogens is 1. The van der Waals surface area contributed by atoms with Crippen molar-refractivity contribution >= 4 is 11.6 Å². The minimum Gasteiger partial charge on any atom is -0.508 e. The number of piperidine rings is 1. The molecule has 6 heteroatoms. The molecule has 2 aromatic rings. The molecule has 0 radical (unpaired) electrons. The molecule has 144 valence electrons. The van der Waals surface area contributed by atoms with Crippen LogP contribution in [0.15, 0.2) is 53.5 Å². The van der Waals surface area contributed by atoms with Gasteiger partial charge >= 0.3 is 0 Å². The van der Waals surface area contributed by atoms with Gasteiger partial charge in [-0.25, -0.2) is 9.38 Å². The van der Waals surface area contributed by atoms with Crippen LogP contribution in [0.3, 0.4) is 0 Å². The Morgan fingerprint density at radius 2 is 1.96 bits per heavy atom. The first-order valence-electron chi connectivity index (χ1n) is 9.47. The second kappa shape index (κ2) is 9.26. The van der Waals surface area contributed by atoms with Crippen molar-refractivity contribution in [2.45, 2.75) is 32.4 Å². The van der Waals surface area contributed by atoms with Crippen molar-refractivity contribution in [3.63, 3.8) is 0 Å². The van der Waals surface area contributed by atoms with Crippen molar-refractivity contribution in [3.8, 4) is 5.75 Å². The lowest BCUT2D eigenvalue weighted by atomic mass is 10.0. The molecule has 0 saturated carbocycles. The lowest BCUT2D eigenvalue weighted by Crippen LogP contribution is -2.48. The van der Waals surface area contributed by atoms with Crippen LogP contribution in [0.5, 0.6) is 5.75 Å². The Bertz CT molecular complexity index is 772. The molecule has 0 spiro atoms. The third-order valence-electron chi connectivity index (χ3n) is 4.68. The summed E-state index contributed by atoms with van der Waals surface area (Å²) in [5.74, 6) is 0.844. The van der Waals surface area contributed by atoms with Gasteiger partial charge in [0.1, 0.15) is 11.6 Å². The number of nitrogens with zero attached hydrogens (tertiary/aromatic N) is 2. The van der Waals surface area contributed by atoms with E-state index < -0.39 is 0 Å². The first kappa shape index (κ1) is 19.0. The lowest BCUT2D eigenvalue weighted by Gasteiger charge is -2.34. The lowest BCUT2D eigenvalue weighted by molar-refractivity contribution is 0.461. The summed E-state index contributed by atoms with van der Waals surface area (Å²) in [6, 6.07) is 14.3. The van der Waals surface area contributed by atoms with Gasteiger partial charge in [0.15, 0.2) is 5.96 Å². The summed E-state index contributed by atoms with van der Waals surface area (Å²) in [5.41, 5.74) is 1.91. The molecule has 0 aromatic heterocycles. The molecule has 0 atom stereocenters. The number of phenolic OH excluding ortho intramolecular Hbond substituents is 1. The quantitative estimate of drug-likeness (QED) is 0.559. The van der Waals surface area contributed by atoms with Crippen LogP contribution < -0.4 is 15.5 Å². The van der Waals surface area contributed by atoms with Crippen molar-refractivity contribution < 1.29 is 9.50 Å². The fourth-order valence-corrected chi connectivity index (χ4v) is 3.29.